The van der Waals surface area contributed by atoms with Crippen molar-refractivity contribution in [3.8, 4) is 0 Å². The van der Waals surface area contributed by atoms with Crippen molar-refractivity contribution in [1.82, 2.24) is 9.88 Å². The molecule has 0 aliphatic rings. The first kappa shape index (κ1) is 17.0. The van der Waals surface area contributed by atoms with Gasteiger partial charge in [-0.1, -0.05) is 47.6 Å². The smallest absolute Gasteiger partial charge is 0.255 e. The maximum Gasteiger partial charge on any atom is 0.255 e. The van der Waals surface area contributed by atoms with Crippen LogP contribution in [0.25, 0.3) is 0 Å². The Kier molecular flexibility index (Phi) is 6.00. The molecule has 0 unspecified atom stereocenters. The van der Waals surface area contributed by atoms with Gasteiger partial charge in [-0.05, 0) is 24.9 Å². The minimum Gasteiger partial charge on any atom is -0.312 e. The van der Waals surface area contributed by atoms with Gasteiger partial charge in [0.25, 0.3) is 5.56 Å². The molecule has 1 aromatic heterocycles. The summed E-state index contributed by atoms with van der Waals surface area (Å²) in [6.45, 7) is 15.3. The molecule has 3 heteroatoms. The van der Waals surface area contributed by atoms with Gasteiger partial charge >= 0.3 is 0 Å². The van der Waals surface area contributed by atoms with E-state index in [-0.39, 0.29) is 11.0 Å². The van der Waals surface area contributed by atoms with Gasteiger partial charge in [0.2, 0.25) is 0 Å². The van der Waals surface area contributed by atoms with E-state index in [4.69, 9.17) is 0 Å². The molecule has 0 saturated heterocycles. The van der Waals surface area contributed by atoms with Crippen LogP contribution in [0.4, 0.5) is 0 Å². The summed E-state index contributed by atoms with van der Waals surface area (Å²) in [5.74, 6) is 0.599. The molecule has 0 aliphatic carbocycles. The van der Waals surface area contributed by atoms with Gasteiger partial charge in [-0.3, -0.25) is 4.79 Å². The Balaban J connectivity index is 3.06. The fourth-order valence-electron chi connectivity index (χ4n) is 2.35. The van der Waals surface area contributed by atoms with Crippen LogP contribution < -0.4 is 10.9 Å². The van der Waals surface area contributed by atoms with E-state index in [0.717, 1.165) is 30.8 Å². The van der Waals surface area contributed by atoms with E-state index in [1.807, 2.05) is 10.6 Å². The minimum absolute atomic E-state index is 0.00176. The van der Waals surface area contributed by atoms with Crippen LogP contribution in [-0.4, -0.2) is 11.1 Å². The van der Waals surface area contributed by atoms with E-state index in [1.54, 1.807) is 0 Å². The molecule has 3 nitrogen and oxygen atoms in total. The molecule has 0 radical (unpaired) electrons. The van der Waals surface area contributed by atoms with Crippen molar-refractivity contribution < 1.29 is 0 Å². The summed E-state index contributed by atoms with van der Waals surface area (Å²) in [4.78, 5) is 12.6. The second-order valence-electron chi connectivity index (χ2n) is 6.98. The quantitative estimate of drug-likeness (QED) is 0.866. The van der Waals surface area contributed by atoms with Crippen molar-refractivity contribution in [3.05, 3.63) is 33.7 Å². The van der Waals surface area contributed by atoms with Crippen molar-refractivity contribution in [3.63, 3.8) is 0 Å². The van der Waals surface area contributed by atoms with E-state index >= 15 is 0 Å². The van der Waals surface area contributed by atoms with Gasteiger partial charge in [-0.25, -0.2) is 0 Å². The predicted octanol–water partition coefficient (Wildman–Crippen LogP) is 3.30. The van der Waals surface area contributed by atoms with Gasteiger partial charge in [0.1, 0.15) is 0 Å². The summed E-state index contributed by atoms with van der Waals surface area (Å²) in [5, 5.41) is 3.36. The normalized spacial score (nSPS) is 12.2. The summed E-state index contributed by atoms with van der Waals surface area (Å²) < 4.78 is 1.95. The second-order valence-corrected chi connectivity index (χ2v) is 6.98. The topological polar surface area (TPSA) is 34.0 Å². The van der Waals surface area contributed by atoms with E-state index in [9.17, 15) is 4.79 Å². The number of hydrogen-bond donors (Lipinski definition) is 1. The van der Waals surface area contributed by atoms with Gasteiger partial charge in [0.15, 0.2) is 0 Å². The maximum absolute atomic E-state index is 12.6. The molecule has 20 heavy (non-hydrogen) atoms. The molecule has 0 bridgehead atoms. The number of aromatic nitrogens is 1. The van der Waals surface area contributed by atoms with Crippen molar-refractivity contribution in [2.75, 3.05) is 6.54 Å². The lowest BCUT2D eigenvalue weighted by Gasteiger charge is -2.24. The summed E-state index contributed by atoms with van der Waals surface area (Å²) in [5.41, 5.74) is 2.15. The average Bonchev–Trinajstić information content (AvgIpc) is 2.32. The van der Waals surface area contributed by atoms with Crippen LogP contribution in [0.3, 0.4) is 0 Å². The molecule has 0 saturated carbocycles. The first-order chi connectivity index (χ1) is 9.27. The van der Waals surface area contributed by atoms with E-state index in [0.29, 0.717) is 12.5 Å². The Bertz CT molecular complexity index is 481. The lowest BCUT2D eigenvalue weighted by atomic mass is 9.90. The van der Waals surface area contributed by atoms with Gasteiger partial charge in [-0.2, -0.15) is 0 Å². The zero-order chi connectivity index (χ0) is 15.3. The summed E-state index contributed by atoms with van der Waals surface area (Å²) in [6.07, 6.45) is 0.978. The summed E-state index contributed by atoms with van der Waals surface area (Å²) in [6, 6.07) is 4.10. The number of rotatable bonds is 6. The van der Waals surface area contributed by atoms with Crippen LogP contribution >= 0.6 is 0 Å². The molecule has 0 aromatic carbocycles. The summed E-state index contributed by atoms with van der Waals surface area (Å²) >= 11 is 0. The van der Waals surface area contributed by atoms with Crippen LogP contribution in [0.5, 0.6) is 0 Å². The Morgan fingerprint density at radius 2 is 1.90 bits per heavy atom. The molecule has 1 rings (SSSR count). The van der Waals surface area contributed by atoms with Gasteiger partial charge in [0.05, 0.1) is 0 Å². The number of hydrogen-bond acceptors (Lipinski definition) is 2. The highest BCUT2D eigenvalue weighted by atomic mass is 16.1. The molecule has 0 aliphatic heterocycles. The Hall–Kier alpha value is -1.09. The average molecular weight is 278 g/mol. The molecule has 0 fully saturated rings. The Labute approximate surface area is 123 Å². The van der Waals surface area contributed by atoms with Crippen molar-refractivity contribution in [2.24, 2.45) is 5.92 Å². The van der Waals surface area contributed by atoms with Gasteiger partial charge in [0, 0.05) is 29.8 Å². The van der Waals surface area contributed by atoms with Crippen LogP contribution in [0.2, 0.25) is 0 Å². The number of nitrogens with one attached hydrogen (secondary N) is 1. The zero-order valence-electron chi connectivity index (χ0n) is 13.9. The van der Waals surface area contributed by atoms with Crippen LogP contribution in [0, 0.1) is 5.92 Å². The standard InChI is InChI=1S/C17H30N2O/c1-7-10-19-15(17(4,5)6)9-8-14(16(19)20)12-18-11-13(2)3/h8-9,13,18H,7,10-12H2,1-6H3. The lowest BCUT2D eigenvalue weighted by Crippen LogP contribution is -2.33. The first-order valence-corrected chi connectivity index (χ1v) is 7.71. The lowest BCUT2D eigenvalue weighted by molar-refractivity contribution is 0.491. The van der Waals surface area contributed by atoms with Gasteiger partial charge < -0.3 is 9.88 Å². The SMILES string of the molecule is CCCn1c(C(C)(C)C)ccc(CNCC(C)C)c1=O. The third kappa shape index (κ3) is 4.48. The highest BCUT2D eigenvalue weighted by Gasteiger charge is 2.19. The minimum atomic E-state index is -0.00176. The molecule has 0 amide bonds. The fourth-order valence-corrected chi connectivity index (χ4v) is 2.35. The molecule has 1 heterocycles. The zero-order valence-corrected chi connectivity index (χ0v) is 13.9. The monoisotopic (exact) mass is 278 g/mol. The van der Waals surface area contributed by atoms with E-state index in [2.05, 4.69) is 52.9 Å². The molecule has 1 N–H and O–H groups in total. The summed E-state index contributed by atoms with van der Waals surface area (Å²) in [7, 11) is 0. The predicted molar refractivity (Wildman–Crippen MR) is 86.2 cm³/mol. The molecular formula is C17H30N2O. The maximum atomic E-state index is 12.6. The van der Waals surface area contributed by atoms with E-state index in [1.165, 1.54) is 0 Å². The number of pyridine rings is 1. The molecular weight excluding hydrogens is 248 g/mol. The third-order valence-electron chi connectivity index (χ3n) is 3.34. The van der Waals surface area contributed by atoms with Crippen LogP contribution in [0.1, 0.15) is 59.2 Å². The van der Waals surface area contributed by atoms with Crippen molar-refractivity contribution in [2.45, 2.75) is 66.5 Å². The van der Waals surface area contributed by atoms with Gasteiger partial charge in [-0.15, -0.1) is 0 Å². The van der Waals surface area contributed by atoms with Crippen LogP contribution in [0.15, 0.2) is 16.9 Å². The first-order valence-electron chi connectivity index (χ1n) is 7.71. The fraction of sp³-hybridized carbons (Fsp3) is 0.706. The Morgan fingerprint density at radius 1 is 1.25 bits per heavy atom. The molecule has 1 aromatic rings. The molecule has 114 valence electrons. The molecule has 0 spiro atoms. The molecule has 0 atom stereocenters. The van der Waals surface area contributed by atoms with Crippen LogP contribution in [-0.2, 0) is 18.5 Å². The van der Waals surface area contributed by atoms with Crippen molar-refractivity contribution in [1.29, 1.82) is 0 Å². The highest BCUT2D eigenvalue weighted by molar-refractivity contribution is 5.21. The largest absolute Gasteiger partial charge is 0.312 e. The van der Waals surface area contributed by atoms with E-state index < -0.39 is 0 Å². The Morgan fingerprint density at radius 3 is 2.40 bits per heavy atom. The highest BCUT2D eigenvalue weighted by Crippen LogP contribution is 2.21. The third-order valence-corrected chi connectivity index (χ3v) is 3.34. The van der Waals surface area contributed by atoms with Crippen molar-refractivity contribution >= 4 is 0 Å². The number of nitrogens with zero attached hydrogens (tertiary/aromatic N) is 1. The second kappa shape index (κ2) is 7.07.